The summed E-state index contributed by atoms with van der Waals surface area (Å²) in [6.07, 6.45) is 4.52. The molecule has 1 aliphatic carbocycles. The van der Waals surface area contributed by atoms with Crippen molar-refractivity contribution in [1.29, 1.82) is 0 Å². The molecular formula is C8H15NO. The number of rotatable bonds is 4. The van der Waals surface area contributed by atoms with Gasteiger partial charge in [0.15, 0.2) is 0 Å². The van der Waals surface area contributed by atoms with Gasteiger partial charge >= 0.3 is 0 Å². The van der Waals surface area contributed by atoms with Gasteiger partial charge in [-0.1, -0.05) is 19.0 Å². The van der Waals surface area contributed by atoms with Crippen LogP contribution in [0.3, 0.4) is 0 Å². The molecule has 1 aliphatic rings. The van der Waals surface area contributed by atoms with Crippen LogP contribution >= 0.6 is 0 Å². The lowest BCUT2D eigenvalue weighted by Gasteiger charge is -2.00. The van der Waals surface area contributed by atoms with E-state index in [9.17, 15) is 0 Å². The van der Waals surface area contributed by atoms with Gasteiger partial charge in [-0.15, -0.1) is 0 Å². The van der Waals surface area contributed by atoms with Gasteiger partial charge in [0.1, 0.15) is 6.61 Å². The minimum atomic E-state index is 0.580. The fraction of sp³-hybridized carbons (Fsp3) is 0.875. The summed E-state index contributed by atoms with van der Waals surface area (Å²) in [5, 5.41) is 3.85. The van der Waals surface area contributed by atoms with Gasteiger partial charge in [0.05, 0.1) is 0 Å². The molecule has 0 N–H and O–H groups in total. The molecule has 0 saturated heterocycles. The molecule has 0 amide bonds. The lowest BCUT2D eigenvalue weighted by molar-refractivity contribution is 0.119. The van der Waals surface area contributed by atoms with Crippen LogP contribution in [0.5, 0.6) is 0 Å². The zero-order valence-electron chi connectivity index (χ0n) is 6.71. The summed E-state index contributed by atoms with van der Waals surface area (Å²) in [5.41, 5.74) is 0. The predicted molar refractivity (Wildman–Crippen MR) is 42.0 cm³/mol. The Morgan fingerprint density at radius 1 is 1.60 bits per heavy atom. The zero-order valence-corrected chi connectivity index (χ0v) is 6.71. The third-order valence-electron chi connectivity index (χ3n) is 1.38. The second kappa shape index (κ2) is 3.59. The van der Waals surface area contributed by atoms with E-state index >= 15 is 0 Å². The monoisotopic (exact) mass is 141 g/mol. The van der Waals surface area contributed by atoms with Gasteiger partial charge < -0.3 is 4.84 Å². The third-order valence-corrected chi connectivity index (χ3v) is 1.38. The normalized spacial score (nSPS) is 18.7. The maximum absolute atomic E-state index is 5.02. The van der Waals surface area contributed by atoms with Crippen molar-refractivity contribution >= 4 is 6.21 Å². The Morgan fingerprint density at radius 3 is 2.80 bits per heavy atom. The van der Waals surface area contributed by atoms with E-state index in [4.69, 9.17) is 4.84 Å². The smallest absolute Gasteiger partial charge is 0.119 e. The van der Waals surface area contributed by atoms with Crippen LogP contribution in [0.15, 0.2) is 5.16 Å². The van der Waals surface area contributed by atoms with E-state index in [1.807, 2.05) is 6.21 Å². The Hall–Kier alpha value is -0.530. The molecule has 0 radical (unpaired) electrons. The van der Waals surface area contributed by atoms with Crippen molar-refractivity contribution in [3.05, 3.63) is 0 Å². The molecule has 10 heavy (non-hydrogen) atoms. The van der Waals surface area contributed by atoms with Gasteiger partial charge in [-0.25, -0.2) is 0 Å². The quantitative estimate of drug-likeness (QED) is 0.433. The van der Waals surface area contributed by atoms with E-state index in [1.165, 1.54) is 12.8 Å². The van der Waals surface area contributed by atoms with Gasteiger partial charge in [-0.05, 0) is 24.7 Å². The van der Waals surface area contributed by atoms with E-state index in [2.05, 4.69) is 19.0 Å². The lowest BCUT2D eigenvalue weighted by atomic mass is 10.2. The van der Waals surface area contributed by atoms with Gasteiger partial charge in [0.25, 0.3) is 0 Å². The Kier molecular flexibility index (Phi) is 2.72. The average molecular weight is 141 g/mol. The average Bonchev–Trinajstić information content (AvgIpc) is 2.62. The maximum Gasteiger partial charge on any atom is 0.119 e. The van der Waals surface area contributed by atoms with Crippen molar-refractivity contribution in [3.63, 3.8) is 0 Å². The molecule has 0 atom stereocenters. The molecule has 2 heteroatoms. The summed E-state index contributed by atoms with van der Waals surface area (Å²) in [4.78, 5) is 5.02. The highest BCUT2D eigenvalue weighted by Gasteiger charge is 2.18. The zero-order chi connectivity index (χ0) is 7.40. The first kappa shape index (κ1) is 7.58. The summed E-state index contributed by atoms with van der Waals surface area (Å²) < 4.78 is 0. The van der Waals surface area contributed by atoms with Crippen LogP contribution in [0.4, 0.5) is 0 Å². The first-order valence-electron chi connectivity index (χ1n) is 3.94. The van der Waals surface area contributed by atoms with Crippen LogP contribution in [0, 0.1) is 11.8 Å². The lowest BCUT2D eigenvalue weighted by Crippen LogP contribution is -1.97. The molecule has 0 bridgehead atoms. The topological polar surface area (TPSA) is 21.6 Å². The molecule has 1 rings (SSSR count). The summed E-state index contributed by atoms with van der Waals surface area (Å²) >= 11 is 0. The van der Waals surface area contributed by atoms with Crippen LogP contribution in [0.25, 0.3) is 0 Å². The number of oxime groups is 1. The molecule has 0 aliphatic heterocycles. The molecule has 58 valence electrons. The summed E-state index contributed by atoms with van der Waals surface area (Å²) in [6.45, 7) is 4.97. The highest BCUT2D eigenvalue weighted by atomic mass is 16.6. The molecular weight excluding hydrogens is 126 g/mol. The molecule has 1 saturated carbocycles. The number of nitrogens with zero attached hydrogens (tertiary/aromatic N) is 1. The second-order valence-electron chi connectivity index (χ2n) is 3.28. The van der Waals surface area contributed by atoms with Crippen LogP contribution in [0.2, 0.25) is 0 Å². The summed E-state index contributed by atoms with van der Waals surface area (Å²) in [5.74, 6) is 1.31. The minimum Gasteiger partial charge on any atom is -0.396 e. The van der Waals surface area contributed by atoms with E-state index in [-0.39, 0.29) is 0 Å². The van der Waals surface area contributed by atoms with Crippen molar-refractivity contribution in [3.8, 4) is 0 Å². The van der Waals surface area contributed by atoms with Crippen molar-refractivity contribution in [2.45, 2.75) is 26.7 Å². The maximum atomic E-state index is 5.02. The van der Waals surface area contributed by atoms with Gasteiger partial charge in [-0.2, -0.15) is 0 Å². The van der Waals surface area contributed by atoms with Crippen molar-refractivity contribution < 1.29 is 4.84 Å². The third kappa shape index (κ3) is 3.49. The van der Waals surface area contributed by atoms with Gasteiger partial charge in [0.2, 0.25) is 0 Å². The van der Waals surface area contributed by atoms with Crippen LogP contribution in [-0.4, -0.2) is 12.8 Å². The first-order valence-corrected chi connectivity index (χ1v) is 3.94. The van der Waals surface area contributed by atoms with Crippen molar-refractivity contribution in [1.82, 2.24) is 0 Å². The summed E-state index contributed by atoms with van der Waals surface area (Å²) in [6, 6.07) is 0. The highest BCUT2D eigenvalue weighted by molar-refractivity contribution is 5.62. The largest absolute Gasteiger partial charge is 0.396 e. The Bertz CT molecular complexity index is 116. The van der Waals surface area contributed by atoms with Gasteiger partial charge in [0, 0.05) is 6.21 Å². The summed E-state index contributed by atoms with van der Waals surface area (Å²) in [7, 11) is 0. The molecule has 0 aromatic heterocycles. The number of hydrogen-bond acceptors (Lipinski definition) is 2. The molecule has 2 nitrogen and oxygen atoms in total. The predicted octanol–water partition coefficient (Wildman–Crippen LogP) is 2.05. The Morgan fingerprint density at radius 2 is 2.30 bits per heavy atom. The Balaban J connectivity index is 1.93. The van der Waals surface area contributed by atoms with E-state index < -0.39 is 0 Å². The molecule has 0 aromatic rings. The van der Waals surface area contributed by atoms with Crippen LogP contribution in [-0.2, 0) is 4.84 Å². The number of hydrogen-bond donors (Lipinski definition) is 0. The molecule has 1 fully saturated rings. The molecule has 0 heterocycles. The van der Waals surface area contributed by atoms with Crippen LogP contribution in [0.1, 0.15) is 26.7 Å². The Labute approximate surface area is 62.3 Å². The van der Waals surface area contributed by atoms with Crippen LogP contribution < -0.4 is 0 Å². The highest BCUT2D eigenvalue weighted by Crippen LogP contribution is 2.26. The van der Waals surface area contributed by atoms with E-state index in [1.54, 1.807) is 0 Å². The minimum absolute atomic E-state index is 0.580. The van der Waals surface area contributed by atoms with Gasteiger partial charge in [-0.3, -0.25) is 0 Å². The SMILES string of the molecule is CC(C)CO/N=C/C1CC1. The molecule has 0 aromatic carbocycles. The van der Waals surface area contributed by atoms with E-state index in [0.29, 0.717) is 5.92 Å². The molecule has 0 unspecified atom stereocenters. The fourth-order valence-corrected chi connectivity index (χ4v) is 0.567. The molecule has 0 spiro atoms. The van der Waals surface area contributed by atoms with Crippen molar-refractivity contribution in [2.75, 3.05) is 6.61 Å². The van der Waals surface area contributed by atoms with E-state index in [0.717, 1.165) is 12.5 Å². The fourth-order valence-electron chi connectivity index (χ4n) is 0.567. The second-order valence-corrected chi connectivity index (χ2v) is 3.28. The first-order chi connectivity index (χ1) is 4.79. The standard InChI is InChI=1S/C8H15NO/c1-7(2)6-10-9-5-8-3-4-8/h5,7-8H,3-4,6H2,1-2H3/b9-5+. The van der Waals surface area contributed by atoms with Crippen molar-refractivity contribution in [2.24, 2.45) is 17.0 Å².